The van der Waals surface area contributed by atoms with E-state index in [1.54, 1.807) is 6.08 Å². The lowest BCUT2D eigenvalue weighted by Crippen LogP contribution is -1.92. The first-order valence-corrected chi connectivity index (χ1v) is 6.47. The normalized spacial score (nSPS) is 12.2. The molecule has 0 saturated carbocycles. The van der Waals surface area contributed by atoms with Gasteiger partial charge in [-0.05, 0) is 62.1 Å². The van der Waals surface area contributed by atoms with Gasteiger partial charge >= 0.3 is 0 Å². The van der Waals surface area contributed by atoms with E-state index in [1.807, 2.05) is 18.2 Å². The smallest absolute Gasteiger partial charge is 0.0314 e. The average molecular weight is 253 g/mol. The number of allylic oxidation sites excluding steroid dienone is 7. The summed E-state index contributed by atoms with van der Waals surface area (Å²) in [7, 11) is 0. The molecule has 100 valence electrons. The third-order valence-corrected chi connectivity index (χ3v) is 3.25. The lowest BCUT2D eigenvalue weighted by molar-refractivity contribution is 1.27. The second-order valence-electron chi connectivity index (χ2n) is 4.88. The van der Waals surface area contributed by atoms with Crippen molar-refractivity contribution in [3.63, 3.8) is 0 Å². The molecule has 0 bridgehead atoms. The van der Waals surface area contributed by atoms with Crippen LogP contribution in [0, 0.1) is 0 Å². The maximum atomic E-state index is 5.73. The van der Waals surface area contributed by atoms with Crippen molar-refractivity contribution in [1.82, 2.24) is 0 Å². The van der Waals surface area contributed by atoms with Crippen LogP contribution in [0.15, 0.2) is 65.8 Å². The maximum absolute atomic E-state index is 5.73. The first kappa shape index (κ1) is 15.0. The first-order valence-electron chi connectivity index (χ1n) is 6.47. The average Bonchev–Trinajstić information content (AvgIpc) is 2.38. The fourth-order valence-corrected chi connectivity index (χ4v) is 1.98. The molecule has 0 spiro atoms. The molecule has 0 aliphatic rings. The van der Waals surface area contributed by atoms with Gasteiger partial charge in [-0.15, -0.1) is 0 Å². The Morgan fingerprint density at radius 2 is 1.63 bits per heavy atom. The summed E-state index contributed by atoms with van der Waals surface area (Å²) < 4.78 is 0. The van der Waals surface area contributed by atoms with Gasteiger partial charge in [-0.3, -0.25) is 0 Å². The summed E-state index contributed by atoms with van der Waals surface area (Å²) in [5.41, 5.74) is 12.8. The molecule has 1 rings (SSSR count). The summed E-state index contributed by atoms with van der Waals surface area (Å²) in [6.45, 7) is 12.3. The van der Waals surface area contributed by atoms with Gasteiger partial charge in [0.15, 0.2) is 0 Å². The van der Waals surface area contributed by atoms with Crippen molar-refractivity contribution < 1.29 is 0 Å². The van der Waals surface area contributed by atoms with Crippen molar-refractivity contribution in [1.29, 1.82) is 0 Å². The van der Waals surface area contributed by atoms with Crippen LogP contribution >= 0.6 is 0 Å². The van der Waals surface area contributed by atoms with Crippen LogP contribution in [0.1, 0.15) is 33.3 Å². The van der Waals surface area contributed by atoms with Crippen molar-refractivity contribution in [3.05, 3.63) is 71.4 Å². The van der Waals surface area contributed by atoms with Crippen LogP contribution in [-0.4, -0.2) is 0 Å². The standard InChI is InChI=1S/C18H23N/c1-6-7-8-18(13(2)3)15(5)14(4)16-9-11-17(19)12-10-16/h6-12H,1,19H2,2-5H3/b8-7-,15-14+. The Kier molecular flexibility index (Phi) is 5.37. The lowest BCUT2D eigenvalue weighted by atomic mass is 9.94. The fraction of sp³-hybridized carbons (Fsp3) is 0.222. The van der Waals surface area contributed by atoms with Crippen LogP contribution in [-0.2, 0) is 0 Å². The quantitative estimate of drug-likeness (QED) is 0.583. The Hall–Kier alpha value is -2.02. The van der Waals surface area contributed by atoms with E-state index in [-0.39, 0.29) is 0 Å². The molecule has 0 aromatic heterocycles. The van der Waals surface area contributed by atoms with Gasteiger partial charge in [0.25, 0.3) is 0 Å². The molecule has 0 radical (unpaired) electrons. The molecule has 0 unspecified atom stereocenters. The molecule has 1 nitrogen and oxygen atoms in total. The van der Waals surface area contributed by atoms with E-state index in [1.165, 1.54) is 27.9 Å². The van der Waals surface area contributed by atoms with E-state index in [4.69, 9.17) is 5.73 Å². The van der Waals surface area contributed by atoms with E-state index >= 15 is 0 Å². The molecule has 0 heterocycles. The highest BCUT2D eigenvalue weighted by atomic mass is 14.5. The molecule has 0 fully saturated rings. The highest BCUT2D eigenvalue weighted by molar-refractivity contribution is 5.72. The molecule has 0 atom stereocenters. The van der Waals surface area contributed by atoms with Crippen LogP contribution in [0.2, 0.25) is 0 Å². The van der Waals surface area contributed by atoms with E-state index in [2.05, 4.69) is 52.5 Å². The minimum absolute atomic E-state index is 0.795. The van der Waals surface area contributed by atoms with Crippen molar-refractivity contribution >= 4 is 11.3 Å². The third-order valence-electron chi connectivity index (χ3n) is 3.25. The van der Waals surface area contributed by atoms with Crippen molar-refractivity contribution in [2.75, 3.05) is 5.73 Å². The topological polar surface area (TPSA) is 26.0 Å². The van der Waals surface area contributed by atoms with Crippen LogP contribution < -0.4 is 5.73 Å². The number of rotatable bonds is 4. The highest BCUT2D eigenvalue weighted by Gasteiger charge is 2.05. The molecule has 19 heavy (non-hydrogen) atoms. The van der Waals surface area contributed by atoms with Gasteiger partial charge < -0.3 is 5.73 Å². The summed E-state index contributed by atoms with van der Waals surface area (Å²) in [6.07, 6.45) is 5.88. The molecule has 0 aliphatic carbocycles. The van der Waals surface area contributed by atoms with Gasteiger partial charge in [0, 0.05) is 5.69 Å². The Labute approximate surface area is 116 Å². The molecule has 2 N–H and O–H groups in total. The van der Waals surface area contributed by atoms with Crippen molar-refractivity contribution in [3.8, 4) is 0 Å². The van der Waals surface area contributed by atoms with Gasteiger partial charge in [0.2, 0.25) is 0 Å². The molecular weight excluding hydrogens is 230 g/mol. The van der Waals surface area contributed by atoms with Crippen molar-refractivity contribution in [2.24, 2.45) is 0 Å². The zero-order chi connectivity index (χ0) is 14.4. The number of anilines is 1. The third kappa shape index (κ3) is 3.99. The van der Waals surface area contributed by atoms with Crippen LogP contribution in [0.4, 0.5) is 5.69 Å². The number of hydrogen-bond donors (Lipinski definition) is 1. The van der Waals surface area contributed by atoms with Gasteiger partial charge in [-0.2, -0.15) is 0 Å². The van der Waals surface area contributed by atoms with Gasteiger partial charge in [-0.25, -0.2) is 0 Å². The summed E-state index contributed by atoms with van der Waals surface area (Å²) >= 11 is 0. The molecule has 0 aliphatic heterocycles. The second kappa shape index (κ2) is 6.79. The Morgan fingerprint density at radius 3 is 2.11 bits per heavy atom. The van der Waals surface area contributed by atoms with Crippen molar-refractivity contribution in [2.45, 2.75) is 27.7 Å². The molecule has 0 saturated heterocycles. The van der Waals surface area contributed by atoms with E-state index in [9.17, 15) is 0 Å². The second-order valence-corrected chi connectivity index (χ2v) is 4.88. The number of nitrogen functional groups attached to an aromatic ring is 1. The first-order chi connectivity index (χ1) is 8.97. The van der Waals surface area contributed by atoms with Crippen LogP contribution in [0.25, 0.3) is 5.57 Å². The fourth-order valence-electron chi connectivity index (χ4n) is 1.98. The highest BCUT2D eigenvalue weighted by Crippen LogP contribution is 2.26. The monoisotopic (exact) mass is 253 g/mol. The predicted octanol–water partition coefficient (Wildman–Crippen LogP) is 5.14. The summed E-state index contributed by atoms with van der Waals surface area (Å²) in [5, 5.41) is 0. The molecule has 1 aromatic rings. The summed E-state index contributed by atoms with van der Waals surface area (Å²) in [5.74, 6) is 0. The number of hydrogen-bond acceptors (Lipinski definition) is 1. The lowest BCUT2D eigenvalue weighted by Gasteiger charge is -2.12. The van der Waals surface area contributed by atoms with Crippen LogP contribution in [0.3, 0.4) is 0 Å². The number of nitrogens with two attached hydrogens (primary N) is 1. The molecular formula is C18H23N. The largest absolute Gasteiger partial charge is 0.399 e. The summed E-state index contributed by atoms with van der Waals surface area (Å²) in [6, 6.07) is 8.00. The van der Waals surface area contributed by atoms with E-state index in [0.29, 0.717) is 0 Å². The summed E-state index contributed by atoms with van der Waals surface area (Å²) in [4.78, 5) is 0. The Morgan fingerprint density at radius 1 is 1.05 bits per heavy atom. The Balaban J connectivity index is 3.26. The molecule has 0 amide bonds. The van der Waals surface area contributed by atoms with Crippen LogP contribution in [0.5, 0.6) is 0 Å². The zero-order valence-electron chi connectivity index (χ0n) is 12.3. The SMILES string of the molecule is C=C/C=C\C(=C(C)C)/C(C)=C(\C)c1ccc(N)cc1. The van der Waals surface area contributed by atoms with E-state index in [0.717, 1.165) is 5.69 Å². The zero-order valence-corrected chi connectivity index (χ0v) is 12.3. The molecule has 1 heteroatoms. The number of benzene rings is 1. The van der Waals surface area contributed by atoms with E-state index < -0.39 is 0 Å². The minimum atomic E-state index is 0.795. The Bertz CT molecular complexity index is 536. The van der Waals surface area contributed by atoms with Gasteiger partial charge in [0.05, 0.1) is 0 Å². The maximum Gasteiger partial charge on any atom is 0.0314 e. The van der Waals surface area contributed by atoms with Gasteiger partial charge in [0.1, 0.15) is 0 Å². The molecule has 1 aromatic carbocycles. The predicted molar refractivity (Wildman–Crippen MR) is 86.8 cm³/mol. The minimum Gasteiger partial charge on any atom is -0.399 e. The van der Waals surface area contributed by atoms with Gasteiger partial charge in [-0.1, -0.05) is 42.5 Å².